The first-order valence-electron chi connectivity index (χ1n) is 5.89. The van der Waals surface area contributed by atoms with Crippen LogP contribution in [0.2, 0.25) is 0 Å². The number of hydrogen-bond donors (Lipinski definition) is 2. The molecule has 0 aliphatic rings. The predicted molar refractivity (Wildman–Crippen MR) is 75.9 cm³/mol. The maximum Gasteiger partial charge on any atom is 0.122 e. The number of ether oxygens (including phenoxy) is 1. The van der Waals surface area contributed by atoms with Crippen molar-refractivity contribution in [2.45, 2.75) is 6.54 Å². The number of nitrogens with zero attached hydrogens (tertiary/aromatic N) is 1. The Bertz CT molecular complexity index is 600. The average molecular weight is 253 g/mol. The van der Waals surface area contributed by atoms with E-state index in [4.69, 9.17) is 15.7 Å². The van der Waals surface area contributed by atoms with Gasteiger partial charge in [0, 0.05) is 30.1 Å². The summed E-state index contributed by atoms with van der Waals surface area (Å²) in [6.45, 7) is 0.665. The van der Waals surface area contributed by atoms with E-state index in [9.17, 15) is 0 Å². The maximum absolute atomic E-state index is 8.73. The van der Waals surface area contributed by atoms with Crippen LogP contribution in [0, 0.1) is 11.3 Å². The summed E-state index contributed by atoms with van der Waals surface area (Å²) in [4.78, 5) is 0. The van der Waals surface area contributed by atoms with Crippen molar-refractivity contribution < 1.29 is 4.74 Å². The Morgan fingerprint density at radius 3 is 2.58 bits per heavy atom. The molecule has 3 N–H and O–H groups in total. The Morgan fingerprint density at radius 1 is 1.21 bits per heavy atom. The van der Waals surface area contributed by atoms with Crippen LogP contribution in [0.3, 0.4) is 0 Å². The Hall–Kier alpha value is -2.67. The van der Waals surface area contributed by atoms with E-state index >= 15 is 0 Å². The highest BCUT2D eigenvalue weighted by molar-refractivity contribution is 5.59. The average Bonchev–Trinajstić information content (AvgIpc) is 2.45. The fourth-order valence-corrected chi connectivity index (χ4v) is 1.74. The second kappa shape index (κ2) is 5.78. The molecule has 0 fully saturated rings. The summed E-state index contributed by atoms with van der Waals surface area (Å²) in [5, 5.41) is 12.0. The van der Waals surface area contributed by atoms with E-state index in [1.54, 1.807) is 25.3 Å². The van der Waals surface area contributed by atoms with Crippen LogP contribution in [0.5, 0.6) is 5.75 Å². The van der Waals surface area contributed by atoms with Crippen molar-refractivity contribution in [3.05, 3.63) is 53.6 Å². The SMILES string of the molecule is COc1cc(N)cc(NCc2ccc(C#N)cc2)c1. The van der Waals surface area contributed by atoms with E-state index in [0.29, 0.717) is 17.8 Å². The van der Waals surface area contributed by atoms with Crippen molar-refractivity contribution in [1.82, 2.24) is 0 Å². The molecule has 0 aromatic heterocycles. The Kier molecular flexibility index (Phi) is 3.89. The molecule has 2 rings (SSSR count). The van der Waals surface area contributed by atoms with Gasteiger partial charge in [0.25, 0.3) is 0 Å². The van der Waals surface area contributed by atoms with Crippen LogP contribution >= 0.6 is 0 Å². The lowest BCUT2D eigenvalue weighted by Gasteiger charge is -2.09. The third-order valence-electron chi connectivity index (χ3n) is 2.74. The summed E-state index contributed by atoms with van der Waals surface area (Å²) in [6.07, 6.45) is 0. The number of nitrogens with one attached hydrogen (secondary N) is 1. The number of anilines is 2. The number of methoxy groups -OCH3 is 1. The van der Waals surface area contributed by atoms with Gasteiger partial charge in [0.15, 0.2) is 0 Å². The molecule has 0 amide bonds. The molecule has 0 atom stereocenters. The fraction of sp³-hybridized carbons (Fsp3) is 0.133. The smallest absolute Gasteiger partial charge is 0.122 e. The fourth-order valence-electron chi connectivity index (χ4n) is 1.74. The molecule has 2 aromatic rings. The van der Waals surface area contributed by atoms with Crippen LogP contribution in [0.4, 0.5) is 11.4 Å². The third-order valence-corrected chi connectivity index (χ3v) is 2.74. The number of nitrogens with two attached hydrogens (primary N) is 1. The van der Waals surface area contributed by atoms with E-state index in [-0.39, 0.29) is 0 Å². The molecule has 0 spiro atoms. The van der Waals surface area contributed by atoms with Gasteiger partial charge >= 0.3 is 0 Å². The number of nitrogen functional groups attached to an aromatic ring is 1. The lowest BCUT2D eigenvalue weighted by Crippen LogP contribution is -2.00. The highest BCUT2D eigenvalue weighted by Crippen LogP contribution is 2.22. The van der Waals surface area contributed by atoms with Crippen LogP contribution in [0.25, 0.3) is 0 Å². The Labute approximate surface area is 112 Å². The van der Waals surface area contributed by atoms with Gasteiger partial charge in [-0.3, -0.25) is 0 Å². The summed E-state index contributed by atoms with van der Waals surface area (Å²) in [7, 11) is 1.61. The second-order valence-corrected chi connectivity index (χ2v) is 4.16. The van der Waals surface area contributed by atoms with Gasteiger partial charge in [0.2, 0.25) is 0 Å². The number of rotatable bonds is 4. The lowest BCUT2D eigenvalue weighted by molar-refractivity contribution is 0.415. The largest absolute Gasteiger partial charge is 0.497 e. The normalized spacial score (nSPS) is 9.68. The van der Waals surface area contributed by atoms with Crippen LogP contribution < -0.4 is 15.8 Å². The van der Waals surface area contributed by atoms with Gasteiger partial charge in [-0.15, -0.1) is 0 Å². The second-order valence-electron chi connectivity index (χ2n) is 4.16. The highest BCUT2D eigenvalue weighted by Gasteiger charge is 1.99. The first-order chi connectivity index (χ1) is 9.21. The van der Waals surface area contributed by atoms with Gasteiger partial charge < -0.3 is 15.8 Å². The molecule has 0 unspecified atom stereocenters. The highest BCUT2D eigenvalue weighted by atomic mass is 16.5. The Balaban J connectivity index is 2.05. The first kappa shape index (κ1) is 12.8. The van der Waals surface area contributed by atoms with E-state index in [1.165, 1.54) is 0 Å². The van der Waals surface area contributed by atoms with Gasteiger partial charge in [-0.2, -0.15) is 5.26 Å². The van der Waals surface area contributed by atoms with Crippen molar-refractivity contribution in [3.8, 4) is 11.8 Å². The van der Waals surface area contributed by atoms with Gasteiger partial charge in [-0.25, -0.2) is 0 Å². The zero-order chi connectivity index (χ0) is 13.7. The zero-order valence-corrected chi connectivity index (χ0v) is 10.7. The van der Waals surface area contributed by atoms with Crippen molar-refractivity contribution in [2.75, 3.05) is 18.2 Å². The van der Waals surface area contributed by atoms with Gasteiger partial charge in [-0.1, -0.05) is 12.1 Å². The summed E-state index contributed by atoms with van der Waals surface area (Å²) in [6, 6.07) is 15.1. The van der Waals surface area contributed by atoms with E-state index in [2.05, 4.69) is 11.4 Å². The summed E-state index contributed by atoms with van der Waals surface area (Å²) < 4.78 is 5.16. The van der Waals surface area contributed by atoms with E-state index < -0.39 is 0 Å². The van der Waals surface area contributed by atoms with Crippen molar-refractivity contribution in [1.29, 1.82) is 5.26 Å². The Morgan fingerprint density at radius 2 is 1.95 bits per heavy atom. The summed E-state index contributed by atoms with van der Waals surface area (Å²) in [5.74, 6) is 0.724. The molecule has 0 radical (unpaired) electrons. The molecule has 0 saturated carbocycles. The minimum atomic E-state index is 0.654. The molecule has 0 aliphatic carbocycles. The van der Waals surface area contributed by atoms with Gasteiger partial charge in [0.05, 0.1) is 18.7 Å². The van der Waals surface area contributed by atoms with E-state index in [1.807, 2.05) is 24.3 Å². The van der Waals surface area contributed by atoms with Crippen molar-refractivity contribution >= 4 is 11.4 Å². The lowest BCUT2D eigenvalue weighted by atomic mass is 10.1. The predicted octanol–water partition coefficient (Wildman–Crippen LogP) is 2.76. The molecule has 0 heterocycles. The molecule has 0 aliphatic heterocycles. The monoisotopic (exact) mass is 253 g/mol. The number of hydrogen-bond acceptors (Lipinski definition) is 4. The van der Waals surface area contributed by atoms with Crippen LogP contribution in [-0.2, 0) is 6.54 Å². The molecule has 4 heteroatoms. The summed E-state index contributed by atoms with van der Waals surface area (Å²) >= 11 is 0. The minimum Gasteiger partial charge on any atom is -0.497 e. The van der Waals surface area contributed by atoms with Crippen LogP contribution in [0.15, 0.2) is 42.5 Å². The molecular formula is C15H15N3O. The first-order valence-corrected chi connectivity index (χ1v) is 5.89. The number of nitriles is 1. The molecule has 96 valence electrons. The van der Waals surface area contributed by atoms with Crippen LogP contribution in [-0.4, -0.2) is 7.11 Å². The van der Waals surface area contributed by atoms with Gasteiger partial charge in [0.1, 0.15) is 5.75 Å². The molecule has 0 saturated heterocycles. The molecule has 19 heavy (non-hydrogen) atoms. The summed E-state index contributed by atoms with van der Waals surface area (Å²) in [5.41, 5.74) is 9.10. The third kappa shape index (κ3) is 3.39. The minimum absolute atomic E-state index is 0.654. The quantitative estimate of drug-likeness (QED) is 0.822. The maximum atomic E-state index is 8.73. The van der Waals surface area contributed by atoms with E-state index in [0.717, 1.165) is 17.0 Å². The number of benzene rings is 2. The molecule has 0 bridgehead atoms. The molecule has 2 aromatic carbocycles. The van der Waals surface area contributed by atoms with Crippen molar-refractivity contribution in [3.63, 3.8) is 0 Å². The molecular weight excluding hydrogens is 238 g/mol. The topological polar surface area (TPSA) is 71.1 Å². The zero-order valence-electron chi connectivity index (χ0n) is 10.7. The van der Waals surface area contributed by atoms with Crippen LogP contribution in [0.1, 0.15) is 11.1 Å². The molecule has 4 nitrogen and oxygen atoms in total. The standard InChI is InChI=1S/C15H15N3O/c1-19-15-7-13(17)6-14(8-15)18-10-12-4-2-11(9-16)3-5-12/h2-8,18H,10,17H2,1H3. The van der Waals surface area contributed by atoms with Crippen molar-refractivity contribution in [2.24, 2.45) is 0 Å². The van der Waals surface area contributed by atoms with Gasteiger partial charge in [-0.05, 0) is 23.8 Å².